The number of hydrogen-bond acceptors (Lipinski definition) is 21. The fourth-order valence-electron chi connectivity index (χ4n) is 12.3. The summed E-state index contributed by atoms with van der Waals surface area (Å²) in [4.78, 5) is 39.4. The average Bonchev–Trinajstić information content (AvgIpc) is 1.25. The summed E-state index contributed by atoms with van der Waals surface area (Å²) < 4.78 is 48.6. The van der Waals surface area contributed by atoms with Crippen molar-refractivity contribution in [3.05, 3.63) is 0 Å². The summed E-state index contributed by atoms with van der Waals surface area (Å²) in [5.74, 6) is -1.47. The van der Waals surface area contributed by atoms with Gasteiger partial charge in [-0.05, 0) is 19.8 Å². The van der Waals surface area contributed by atoms with Crippen LogP contribution in [0.1, 0.15) is 234 Å². The zero-order valence-electron chi connectivity index (χ0n) is 53.8. The number of amides is 3. The molecule has 4 fully saturated rings. The van der Waals surface area contributed by atoms with Crippen LogP contribution >= 0.6 is 0 Å². The Hall–Kier alpha value is -2.31. The van der Waals surface area contributed by atoms with Crippen LogP contribution in [0.5, 0.6) is 0 Å². The number of hydrogen-bond donors (Lipinski definition) is 13. The summed E-state index contributed by atoms with van der Waals surface area (Å²) in [6.45, 7) is 5.82. The van der Waals surface area contributed by atoms with E-state index in [4.69, 9.17) is 37.9 Å². The second-order valence-electron chi connectivity index (χ2n) is 25.3. The van der Waals surface area contributed by atoms with Crippen molar-refractivity contribution in [3.63, 3.8) is 0 Å². The minimum Gasteiger partial charge on any atom is -0.394 e. The molecule has 0 bridgehead atoms. The summed E-state index contributed by atoms with van der Waals surface area (Å²) in [6, 6.07) is -3.52. The molecule has 4 saturated heterocycles. The van der Waals surface area contributed by atoms with E-state index >= 15 is 0 Å². The Labute approximate surface area is 524 Å². The van der Waals surface area contributed by atoms with E-state index in [9.17, 15) is 65.4 Å². The van der Waals surface area contributed by atoms with Gasteiger partial charge in [0.1, 0.15) is 91.4 Å². The molecule has 88 heavy (non-hydrogen) atoms. The van der Waals surface area contributed by atoms with Crippen molar-refractivity contribution in [2.75, 3.05) is 26.4 Å². The van der Waals surface area contributed by atoms with Gasteiger partial charge in [-0.1, -0.05) is 194 Å². The molecule has 4 heterocycles. The van der Waals surface area contributed by atoms with Gasteiger partial charge in [0.15, 0.2) is 25.2 Å². The molecule has 0 aromatic rings. The first kappa shape index (κ1) is 78.1. The van der Waals surface area contributed by atoms with Crippen LogP contribution in [0.15, 0.2) is 0 Å². The minimum absolute atomic E-state index is 0.114. The molecule has 4 rings (SSSR count). The molecule has 3 amide bonds. The van der Waals surface area contributed by atoms with Crippen molar-refractivity contribution >= 4 is 17.7 Å². The van der Waals surface area contributed by atoms with Gasteiger partial charge in [0.25, 0.3) is 0 Å². The third-order valence-electron chi connectivity index (χ3n) is 17.7. The highest BCUT2D eigenvalue weighted by atomic mass is 16.8. The molecule has 0 aromatic carbocycles. The molecule has 24 heteroatoms. The number of rotatable bonds is 46. The van der Waals surface area contributed by atoms with Crippen LogP contribution in [0.25, 0.3) is 0 Å². The van der Waals surface area contributed by atoms with Crippen molar-refractivity contribution in [3.8, 4) is 0 Å². The Balaban J connectivity index is 1.42. The lowest BCUT2D eigenvalue weighted by Crippen LogP contribution is -2.70. The van der Waals surface area contributed by atoms with Gasteiger partial charge in [0.2, 0.25) is 17.7 Å². The van der Waals surface area contributed by atoms with Crippen LogP contribution in [0.3, 0.4) is 0 Å². The summed E-state index contributed by atoms with van der Waals surface area (Å²) in [6.07, 6.45) is 6.49. The number of carbonyl (C=O) groups is 3. The lowest BCUT2D eigenvalue weighted by atomic mass is 9.94. The Kier molecular flexibility index (Phi) is 39.4. The van der Waals surface area contributed by atoms with E-state index in [0.29, 0.717) is 12.8 Å². The zero-order chi connectivity index (χ0) is 64.4. The van der Waals surface area contributed by atoms with Crippen LogP contribution < -0.4 is 16.0 Å². The highest BCUT2D eigenvalue weighted by Gasteiger charge is 2.55. The Morgan fingerprint density at radius 3 is 1.30 bits per heavy atom. The molecule has 0 aliphatic carbocycles. The molecule has 24 nitrogen and oxygen atoms in total. The van der Waals surface area contributed by atoms with Gasteiger partial charge in [-0.15, -0.1) is 0 Å². The first-order chi connectivity index (χ1) is 42.4. The molecule has 0 unspecified atom stereocenters. The zero-order valence-corrected chi connectivity index (χ0v) is 53.8. The molecule has 516 valence electrons. The highest BCUT2D eigenvalue weighted by Crippen LogP contribution is 2.34. The maximum Gasteiger partial charge on any atom is 0.220 e. The smallest absolute Gasteiger partial charge is 0.220 e. The number of aliphatic hydroxyl groups excluding tert-OH is 10. The summed E-state index contributed by atoms with van der Waals surface area (Å²) >= 11 is 0. The molecule has 0 saturated carbocycles. The van der Waals surface area contributed by atoms with Gasteiger partial charge in [-0.2, -0.15) is 0 Å². The standard InChI is InChI=1S/C64H119N3O21/c1-6-8-10-12-14-16-17-18-19-20-21-22-23-24-25-26-27-28-30-32-34-36-48(72)67-44(35-33-31-29-15-13-11-9-7-2)39-81-61-49(65-42(4)70)53(75)60(47(86-61)40-82-63-57(79)55(77)51(73)41(3)83-63)87-62-50(66-43(5)71)54(76)59(46(38-69)85-62)88-64-58(80)56(78)52(74)45(37-68)84-64/h41,44-47,49-64,68-69,73-80H,6-40H2,1-5H3,(H,65,70)(H,66,71)(H,67,72)/t41-,44-,45+,46+,47+,49+,50+,51+,52+,53+,54+,55+,56-,57-,58-,59+,60+,61+,62-,63+,64-/m0/s1. The third-order valence-corrected chi connectivity index (χ3v) is 17.7. The predicted octanol–water partition coefficient (Wildman–Crippen LogP) is 4.21. The lowest BCUT2D eigenvalue weighted by molar-refractivity contribution is -0.365. The van der Waals surface area contributed by atoms with Gasteiger partial charge in [0, 0.05) is 20.3 Å². The van der Waals surface area contributed by atoms with E-state index in [1.165, 1.54) is 136 Å². The number of ether oxygens (including phenoxy) is 8. The van der Waals surface area contributed by atoms with Gasteiger partial charge < -0.3 is 105 Å². The SMILES string of the molecule is CCCCCCCCCCCCCCCCCCCCCCCC(=O)N[C@@H](CCCCCCCCCC)CO[C@@H]1O[C@H](CO[C@@H]2O[C@@H](C)[C@@H](O)[C@@H](O)[C@@H]2O)[C@@H](O[C@@H]2O[C@H](CO)[C@@H](O[C@@H]3O[C@H](CO)[C@@H](O)[C@H](O)[C@@H]3O)[C@H](O)[C@H]2NC(C)=O)[C@H](O)[C@H]1NC(C)=O. The first-order valence-electron chi connectivity index (χ1n) is 34.0. The summed E-state index contributed by atoms with van der Waals surface area (Å²) in [7, 11) is 0. The Morgan fingerprint density at radius 1 is 0.420 bits per heavy atom. The van der Waals surface area contributed by atoms with E-state index in [1.54, 1.807) is 0 Å². The minimum atomic E-state index is -1.92. The van der Waals surface area contributed by atoms with Gasteiger partial charge in [0.05, 0.1) is 38.6 Å². The highest BCUT2D eigenvalue weighted by molar-refractivity contribution is 5.76. The molecule has 4 aliphatic rings. The number of aliphatic hydroxyl groups is 10. The second kappa shape index (κ2) is 44.3. The molecular weight excluding hydrogens is 1150 g/mol. The Bertz CT molecular complexity index is 1850. The monoisotopic (exact) mass is 1270 g/mol. The first-order valence-corrected chi connectivity index (χ1v) is 34.0. The fraction of sp³-hybridized carbons (Fsp3) is 0.953. The average molecular weight is 1270 g/mol. The van der Waals surface area contributed by atoms with Crippen LogP contribution in [0.2, 0.25) is 0 Å². The molecule has 0 spiro atoms. The van der Waals surface area contributed by atoms with Crippen LogP contribution in [0, 0.1) is 0 Å². The summed E-state index contributed by atoms with van der Waals surface area (Å²) in [5, 5.41) is 117. The van der Waals surface area contributed by atoms with E-state index in [2.05, 4.69) is 29.8 Å². The predicted molar refractivity (Wildman–Crippen MR) is 326 cm³/mol. The molecule has 4 aliphatic heterocycles. The van der Waals surface area contributed by atoms with Crippen LogP contribution in [0.4, 0.5) is 0 Å². The van der Waals surface area contributed by atoms with E-state index < -0.39 is 160 Å². The van der Waals surface area contributed by atoms with Crippen LogP contribution in [-0.4, -0.2) is 224 Å². The van der Waals surface area contributed by atoms with Crippen LogP contribution in [-0.2, 0) is 52.3 Å². The van der Waals surface area contributed by atoms with Crippen molar-refractivity contribution in [1.82, 2.24) is 16.0 Å². The largest absolute Gasteiger partial charge is 0.394 e. The van der Waals surface area contributed by atoms with Gasteiger partial charge in [-0.25, -0.2) is 0 Å². The maximum atomic E-state index is 13.6. The third kappa shape index (κ3) is 27.3. The summed E-state index contributed by atoms with van der Waals surface area (Å²) in [5.41, 5.74) is 0. The van der Waals surface area contributed by atoms with Crippen molar-refractivity contribution in [2.45, 2.75) is 362 Å². The molecular formula is C64H119N3O21. The number of carbonyl (C=O) groups excluding carboxylic acids is 3. The van der Waals surface area contributed by atoms with Crippen molar-refractivity contribution in [1.29, 1.82) is 0 Å². The van der Waals surface area contributed by atoms with Gasteiger partial charge in [-0.3, -0.25) is 14.4 Å². The molecule has 21 atom stereocenters. The lowest BCUT2D eigenvalue weighted by Gasteiger charge is -2.50. The van der Waals surface area contributed by atoms with E-state index in [-0.39, 0.29) is 12.5 Å². The Morgan fingerprint density at radius 2 is 0.818 bits per heavy atom. The molecule has 13 N–H and O–H groups in total. The second-order valence-corrected chi connectivity index (χ2v) is 25.3. The van der Waals surface area contributed by atoms with Crippen molar-refractivity contribution < 1.29 is 103 Å². The topological polar surface area (TPSA) is 363 Å². The van der Waals surface area contributed by atoms with E-state index in [1.807, 2.05) is 0 Å². The quantitative estimate of drug-likeness (QED) is 0.0380. The normalized spacial score (nSPS) is 33.0. The fourth-order valence-corrected chi connectivity index (χ4v) is 12.3. The number of unbranched alkanes of at least 4 members (excludes halogenated alkanes) is 27. The maximum absolute atomic E-state index is 13.6. The molecule has 0 aromatic heterocycles. The van der Waals surface area contributed by atoms with Crippen molar-refractivity contribution in [2.24, 2.45) is 0 Å². The van der Waals surface area contributed by atoms with E-state index in [0.717, 1.165) is 71.1 Å². The molecule has 0 radical (unpaired) electrons. The van der Waals surface area contributed by atoms with Gasteiger partial charge >= 0.3 is 0 Å². The number of nitrogens with one attached hydrogen (secondary N) is 3.